The molecule has 1 heterocycles. The first-order valence-electron chi connectivity index (χ1n) is 4.77. The Hall–Kier alpha value is -1.19. The van der Waals surface area contributed by atoms with Crippen LogP contribution in [-0.4, -0.2) is 34.6 Å². The number of hydrogen-bond donors (Lipinski definition) is 2. The Morgan fingerprint density at radius 2 is 2.18 bits per heavy atom. The number of halogens is 3. The Morgan fingerprint density at radius 3 is 2.76 bits per heavy atom. The lowest BCUT2D eigenvalue weighted by molar-refractivity contribution is -0.177. The summed E-state index contributed by atoms with van der Waals surface area (Å²) in [5, 5.41) is 12.8. The van der Waals surface area contributed by atoms with E-state index in [9.17, 15) is 18.3 Å². The molecule has 0 aliphatic heterocycles. The van der Waals surface area contributed by atoms with Crippen LogP contribution in [0.1, 0.15) is 24.2 Å². The van der Waals surface area contributed by atoms with E-state index < -0.39 is 25.5 Å². The van der Waals surface area contributed by atoms with E-state index in [4.69, 9.17) is 5.73 Å². The molecule has 0 radical (unpaired) electrons. The minimum atomic E-state index is -4.40. The first-order valence-corrected chi connectivity index (χ1v) is 4.77. The Bertz CT molecular complexity index is 342. The van der Waals surface area contributed by atoms with Gasteiger partial charge in [-0.15, -0.1) is 0 Å². The maximum absolute atomic E-state index is 11.7. The fourth-order valence-corrected chi connectivity index (χ4v) is 1.00. The van der Waals surface area contributed by atoms with Gasteiger partial charge in [0, 0.05) is 0 Å². The average molecular weight is 255 g/mol. The fraction of sp³-hybridized carbons (Fsp3) is 0.750. The zero-order chi connectivity index (χ0) is 12.9. The zero-order valence-electron chi connectivity index (χ0n) is 8.78. The van der Waals surface area contributed by atoms with Gasteiger partial charge in [0.2, 0.25) is 0 Å². The highest BCUT2D eigenvalue weighted by molar-refractivity contribution is 4.88. The number of rotatable bonds is 6. The van der Waals surface area contributed by atoms with Crippen LogP contribution in [0.2, 0.25) is 0 Å². The second-order valence-electron chi connectivity index (χ2n) is 3.25. The van der Waals surface area contributed by atoms with E-state index >= 15 is 0 Å². The molecule has 0 saturated carbocycles. The molecular weight excluding hydrogens is 243 g/mol. The van der Waals surface area contributed by atoms with E-state index in [2.05, 4.69) is 19.4 Å². The van der Waals surface area contributed by atoms with Gasteiger partial charge in [0.05, 0.1) is 0 Å². The second-order valence-corrected chi connectivity index (χ2v) is 3.25. The molecule has 6 nitrogen and oxygen atoms in total. The summed E-state index contributed by atoms with van der Waals surface area (Å²) in [4.78, 5) is 3.67. The number of aromatic nitrogens is 2. The van der Waals surface area contributed by atoms with Crippen molar-refractivity contribution >= 4 is 0 Å². The van der Waals surface area contributed by atoms with E-state index in [-0.39, 0.29) is 24.7 Å². The van der Waals surface area contributed by atoms with Crippen LogP contribution >= 0.6 is 0 Å². The summed E-state index contributed by atoms with van der Waals surface area (Å²) in [5.74, 6) is -0.138. The molecule has 0 saturated heterocycles. The number of aliphatic hydroxyl groups is 1. The van der Waals surface area contributed by atoms with Crippen LogP contribution in [0.3, 0.4) is 0 Å². The molecule has 0 spiro atoms. The number of alkyl halides is 3. The maximum Gasteiger partial charge on any atom is 0.411 e. The predicted octanol–water partition coefficient (Wildman–Crippen LogP) is 0.531. The third-order valence-electron chi connectivity index (χ3n) is 1.71. The van der Waals surface area contributed by atoms with Gasteiger partial charge >= 0.3 is 6.18 Å². The number of nitrogens with two attached hydrogens (primary N) is 1. The molecule has 0 bridgehead atoms. The van der Waals surface area contributed by atoms with E-state index in [0.29, 0.717) is 0 Å². The average Bonchev–Trinajstić information content (AvgIpc) is 2.65. The number of aliphatic hydroxyl groups excluding tert-OH is 1. The summed E-state index contributed by atoms with van der Waals surface area (Å²) < 4.78 is 44.2. The zero-order valence-corrected chi connectivity index (χ0v) is 8.78. The quantitative estimate of drug-likeness (QED) is 0.770. The molecule has 17 heavy (non-hydrogen) atoms. The molecule has 0 fully saturated rings. The molecule has 0 aromatic carbocycles. The van der Waals surface area contributed by atoms with Crippen molar-refractivity contribution in [2.75, 3.05) is 13.2 Å². The lowest BCUT2D eigenvalue weighted by atomic mass is 10.2. The van der Waals surface area contributed by atoms with Gasteiger partial charge in [-0.2, -0.15) is 18.2 Å². The van der Waals surface area contributed by atoms with Gasteiger partial charge in [-0.1, -0.05) is 5.16 Å². The highest BCUT2D eigenvalue weighted by Crippen LogP contribution is 2.16. The van der Waals surface area contributed by atoms with Gasteiger partial charge in [0.1, 0.15) is 19.3 Å². The van der Waals surface area contributed by atoms with Gasteiger partial charge in [0.15, 0.2) is 5.82 Å². The smallest absolute Gasteiger partial charge is 0.383 e. The van der Waals surface area contributed by atoms with Crippen LogP contribution in [0.15, 0.2) is 4.52 Å². The van der Waals surface area contributed by atoms with Crippen molar-refractivity contribution in [3.63, 3.8) is 0 Å². The number of ether oxygens (including phenoxy) is 1. The Morgan fingerprint density at radius 1 is 1.47 bits per heavy atom. The van der Waals surface area contributed by atoms with Crippen molar-refractivity contribution in [1.29, 1.82) is 0 Å². The summed E-state index contributed by atoms with van der Waals surface area (Å²) in [5.41, 5.74) is 5.20. The van der Waals surface area contributed by atoms with Gasteiger partial charge in [-0.25, -0.2) is 0 Å². The Labute approximate surface area is 94.6 Å². The van der Waals surface area contributed by atoms with E-state index in [1.54, 1.807) is 0 Å². The summed E-state index contributed by atoms with van der Waals surface area (Å²) in [6.07, 6.45) is -5.18. The normalized spacial score (nSPS) is 13.9. The van der Waals surface area contributed by atoms with Crippen molar-refractivity contribution in [3.05, 3.63) is 11.7 Å². The van der Waals surface area contributed by atoms with Crippen molar-refractivity contribution in [1.82, 2.24) is 10.1 Å². The molecule has 0 aliphatic rings. The van der Waals surface area contributed by atoms with Crippen LogP contribution in [0.5, 0.6) is 0 Å². The Balaban J connectivity index is 2.40. The number of hydrogen-bond acceptors (Lipinski definition) is 6. The first kappa shape index (κ1) is 13.9. The molecule has 9 heteroatoms. The third-order valence-corrected chi connectivity index (χ3v) is 1.71. The predicted molar refractivity (Wildman–Crippen MR) is 48.6 cm³/mol. The van der Waals surface area contributed by atoms with E-state index in [1.165, 1.54) is 0 Å². The minimum Gasteiger partial charge on any atom is -0.383 e. The summed E-state index contributed by atoms with van der Waals surface area (Å²) in [6.45, 7) is -1.59. The summed E-state index contributed by atoms with van der Waals surface area (Å²) in [7, 11) is 0. The maximum atomic E-state index is 11.7. The lowest BCUT2D eigenvalue weighted by Crippen LogP contribution is -2.17. The highest BCUT2D eigenvalue weighted by Gasteiger charge is 2.27. The first-order chi connectivity index (χ1) is 7.92. The second kappa shape index (κ2) is 5.94. The van der Waals surface area contributed by atoms with Crippen molar-refractivity contribution in [3.8, 4) is 0 Å². The largest absolute Gasteiger partial charge is 0.411 e. The fourth-order valence-electron chi connectivity index (χ4n) is 1.00. The molecule has 1 atom stereocenters. The summed E-state index contributed by atoms with van der Waals surface area (Å²) >= 11 is 0. The molecule has 1 rings (SSSR count). The van der Waals surface area contributed by atoms with Crippen LogP contribution in [-0.2, 0) is 11.3 Å². The van der Waals surface area contributed by atoms with E-state index in [1.807, 2.05) is 0 Å². The molecule has 1 unspecified atom stereocenters. The van der Waals surface area contributed by atoms with Gasteiger partial charge in [0.25, 0.3) is 5.89 Å². The minimum absolute atomic E-state index is 0.0553. The molecule has 98 valence electrons. The monoisotopic (exact) mass is 255 g/mol. The van der Waals surface area contributed by atoms with Crippen LogP contribution in [0.4, 0.5) is 13.2 Å². The molecule has 1 aromatic rings. The van der Waals surface area contributed by atoms with Gasteiger partial charge in [-0.05, 0) is 13.0 Å². The molecular formula is C8H12F3N3O3. The highest BCUT2D eigenvalue weighted by atomic mass is 19.4. The van der Waals surface area contributed by atoms with Crippen LogP contribution < -0.4 is 5.73 Å². The molecule has 1 aromatic heterocycles. The van der Waals surface area contributed by atoms with Gasteiger partial charge in [-0.3, -0.25) is 0 Å². The molecule has 0 aliphatic carbocycles. The van der Waals surface area contributed by atoms with Crippen molar-refractivity contribution in [2.24, 2.45) is 5.73 Å². The van der Waals surface area contributed by atoms with Crippen LogP contribution in [0.25, 0.3) is 0 Å². The topological polar surface area (TPSA) is 94.4 Å². The third kappa shape index (κ3) is 5.11. The lowest BCUT2D eigenvalue weighted by Gasteiger charge is -2.04. The van der Waals surface area contributed by atoms with E-state index in [0.717, 1.165) is 0 Å². The van der Waals surface area contributed by atoms with Crippen molar-refractivity contribution < 1.29 is 27.5 Å². The number of nitrogens with zero attached hydrogens (tertiary/aromatic N) is 2. The van der Waals surface area contributed by atoms with Crippen molar-refractivity contribution in [2.45, 2.75) is 25.3 Å². The SMILES string of the molecule is NCCC(O)c1nc(COCC(F)(F)F)no1. The standard InChI is InChI=1S/C8H12F3N3O3/c9-8(10,11)4-16-3-6-13-7(17-14-6)5(15)1-2-12/h5,15H,1-4,12H2. The van der Waals surface area contributed by atoms with Gasteiger partial charge < -0.3 is 20.1 Å². The Kier molecular flexibility index (Phi) is 4.85. The molecule has 3 N–H and O–H groups in total. The summed E-state index contributed by atoms with van der Waals surface area (Å²) in [6, 6.07) is 0. The van der Waals surface area contributed by atoms with Crippen LogP contribution in [0, 0.1) is 0 Å². The molecule has 0 amide bonds.